The van der Waals surface area contributed by atoms with E-state index in [4.69, 9.17) is 9.73 Å². The third-order valence-electron chi connectivity index (χ3n) is 3.60. The molecule has 0 spiro atoms. The third-order valence-corrected chi connectivity index (χ3v) is 5.24. The van der Waals surface area contributed by atoms with Gasteiger partial charge >= 0.3 is 0 Å². The highest BCUT2D eigenvalue weighted by Gasteiger charge is 2.25. The molecule has 0 fully saturated rings. The van der Waals surface area contributed by atoms with Crippen LogP contribution in [0.1, 0.15) is 31.0 Å². The van der Waals surface area contributed by atoms with Gasteiger partial charge in [-0.15, -0.1) is 0 Å². The van der Waals surface area contributed by atoms with Crippen molar-refractivity contribution in [2.24, 2.45) is 4.99 Å². The SMILES string of the molecule is CC(C)[S@](=O)c1ccccc1C1=N[C@@H](c2ccccc2)CO1. The first-order chi connectivity index (χ1) is 10.7. The lowest BCUT2D eigenvalue weighted by molar-refractivity contribution is 0.319. The number of benzene rings is 2. The van der Waals surface area contributed by atoms with E-state index in [-0.39, 0.29) is 11.3 Å². The first kappa shape index (κ1) is 15.0. The number of rotatable bonds is 4. The van der Waals surface area contributed by atoms with E-state index in [1.165, 1.54) is 0 Å². The van der Waals surface area contributed by atoms with Crippen molar-refractivity contribution in [3.8, 4) is 0 Å². The molecule has 0 aromatic heterocycles. The lowest BCUT2D eigenvalue weighted by atomic mass is 10.1. The molecule has 0 radical (unpaired) electrons. The van der Waals surface area contributed by atoms with Crippen LogP contribution in [0.4, 0.5) is 0 Å². The molecule has 3 rings (SSSR count). The monoisotopic (exact) mass is 313 g/mol. The number of aliphatic imine (C=N–C) groups is 1. The molecule has 0 amide bonds. The molecule has 0 saturated heterocycles. The molecule has 0 aliphatic carbocycles. The van der Waals surface area contributed by atoms with Gasteiger partial charge in [-0.1, -0.05) is 56.3 Å². The normalized spacial score (nSPS) is 18.9. The van der Waals surface area contributed by atoms with E-state index in [1.807, 2.05) is 56.3 Å². The van der Waals surface area contributed by atoms with Gasteiger partial charge in [0.25, 0.3) is 0 Å². The summed E-state index contributed by atoms with van der Waals surface area (Å²) in [7, 11) is -1.06. The zero-order valence-electron chi connectivity index (χ0n) is 12.7. The van der Waals surface area contributed by atoms with Crippen LogP contribution in [0, 0.1) is 0 Å². The minimum absolute atomic E-state index is 0.0109. The van der Waals surface area contributed by atoms with Crippen LogP contribution in [0.25, 0.3) is 0 Å². The van der Waals surface area contributed by atoms with Crippen LogP contribution in [-0.2, 0) is 15.5 Å². The first-order valence-corrected chi connectivity index (χ1v) is 8.63. The topological polar surface area (TPSA) is 38.7 Å². The Bertz CT molecular complexity index is 710. The molecule has 114 valence electrons. The standard InChI is InChI=1S/C18H19NO2S/c1-13(2)22(20)17-11-7-6-10-15(17)18-19-16(12-21-18)14-8-4-3-5-9-14/h3-11,13,16H,12H2,1-2H3/t16-,22+/m1/s1. The van der Waals surface area contributed by atoms with Crippen molar-refractivity contribution in [1.29, 1.82) is 0 Å². The van der Waals surface area contributed by atoms with E-state index >= 15 is 0 Å². The van der Waals surface area contributed by atoms with Crippen LogP contribution < -0.4 is 0 Å². The second kappa shape index (κ2) is 6.44. The lowest BCUT2D eigenvalue weighted by Gasteiger charge is -2.10. The summed E-state index contributed by atoms with van der Waals surface area (Å²) >= 11 is 0. The molecule has 3 nitrogen and oxygen atoms in total. The Hall–Kier alpha value is -1.94. The Kier molecular flexibility index (Phi) is 4.39. The zero-order chi connectivity index (χ0) is 15.5. The van der Waals surface area contributed by atoms with E-state index in [0.29, 0.717) is 12.5 Å². The Labute approximate surface area is 133 Å². The fourth-order valence-corrected chi connectivity index (χ4v) is 3.53. The van der Waals surface area contributed by atoms with Crippen LogP contribution in [0.15, 0.2) is 64.5 Å². The van der Waals surface area contributed by atoms with Gasteiger partial charge < -0.3 is 4.74 Å². The predicted octanol–water partition coefficient (Wildman–Crippen LogP) is 3.72. The van der Waals surface area contributed by atoms with Crippen molar-refractivity contribution in [3.05, 3.63) is 65.7 Å². The molecule has 0 unspecified atom stereocenters. The highest BCUT2D eigenvalue weighted by atomic mass is 32.2. The van der Waals surface area contributed by atoms with Gasteiger partial charge in [-0.25, -0.2) is 4.99 Å². The summed E-state index contributed by atoms with van der Waals surface area (Å²) < 4.78 is 18.3. The average molecular weight is 313 g/mol. The Morgan fingerprint density at radius 2 is 1.77 bits per heavy atom. The molecule has 2 aromatic carbocycles. The van der Waals surface area contributed by atoms with E-state index < -0.39 is 10.8 Å². The van der Waals surface area contributed by atoms with Crippen molar-refractivity contribution in [3.63, 3.8) is 0 Å². The molecule has 1 aliphatic rings. The molecule has 4 heteroatoms. The summed E-state index contributed by atoms with van der Waals surface area (Å²) in [5.74, 6) is 0.596. The van der Waals surface area contributed by atoms with Crippen molar-refractivity contribution >= 4 is 16.7 Å². The molecule has 0 bridgehead atoms. The Morgan fingerprint density at radius 1 is 1.09 bits per heavy atom. The molecule has 0 N–H and O–H groups in total. The van der Waals surface area contributed by atoms with Crippen LogP contribution in [-0.4, -0.2) is 22.0 Å². The van der Waals surface area contributed by atoms with Crippen molar-refractivity contribution in [2.75, 3.05) is 6.61 Å². The summed E-state index contributed by atoms with van der Waals surface area (Å²) in [6.07, 6.45) is 0. The Balaban J connectivity index is 1.94. The molecule has 1 aliphatic heterocycles. The summed E-state index contributed by atoms with van der Waals surface area (Å²) in [4.78, 5) is 5.49. The second-order valence-electron chi connectivity index (χ2n) is 5.51. The largest absolute Gasteiger partial charge is 0.475 e. The summed E-state index contributed by atoms with van der Waals surface area (Å²) in [6, 6.07) is 17.8. The van der Waals surface area contributed by atoms with E-state index in [2.05, 4.69) is 12.1 Å². The predicted molar refractivity (Wildman–Crippen MR) is 89.7 cm³/mol. The minimum atomic E-state index is -1.06. The number of nitrogens with zero attached hydrogens (tertiary/aromatic N) is 1. The van der Waals surface area contributed by atoms with Crippen molar-refractivity contribution < 1.29 is 8.95 Å². The highest BCUT2D eigenvalue weighted by Crippen LogP contribution is 2.27. The van der Waals surface area contributed by atoms with Gasteiger partial charge in [0.15, 0.2) is 0 Å². The summed E-state index contributed by atoms with van der Waals surface area (Å²) in [5.41, 5.74) is 1.98. The molecular weight excluding hydrogens is 294 g/mol. The minimum Gasteiger partial charge on any atom is -0.475 e. The lowest BCUT2D eigenvalue weighted by Crippen LogP contribution is -2.12. The van der Waals surface area contributed by atoms with E-state index in [9.17, 15) is 4.21 Å². The van der Waals surface area contributed by atoms with Gasteiger partial charge in [-0.05, 0) is 17.7 Å². The van der Waals surface area contributed by atoms with Crippen LogP contribution in [0.3, 0.4) is 0 Å². The highest BCUT2D eigenvalue weighted by molar-refractivity contribution is 7.85. The summed E-state index contributed by atoms with van der Waals surface area (Å²) in [5, 5.41) is 0.0630. The molecule has 0 saturated carbocycles. The van der Waals surface area contributed by atoms with Gasteiger partial charge in [-0.2, -0.15) is 0 Å². The third kappa shape index (κ3) is 2.97. The van der Waals surface area contributed by atoms with Gasteiger partial charge in [0, 0.05) is 5.25 Å². The molecular formula is C18H19NO2S. The van der Waals surface area contributed by atoms with Gasteiger partial charge in [0.1, 0.15) is 12.6 Å². The number of hydrogen-bond acceptors (Lipinski definition) is 3. The van der Waals surface area contributed by atoms with Crippen molar-refractivity contribution in [1.82, 2.24) is 0 Å². The van der Waals surface area contributed by atoms with Gasteiger partial charge in [-0.3, -0.25) is 4.21 Å². The summed E-state index contributed by atoms with van der Waals surface area (Å²) in [6.45, 7) is 4.44. The fraction of sp³-hybridized carbons (Fsp3) is 0.278. The van der Waals surface area contributed by atoms with Gasteiger partial charge in [0.05, 0.1) is 21.3 Å². The maximum absolute atomic E-state index is 12.5. The molecule has 2 aromatic rings. The quantitative estimate of drug-likeness (QED) is 0.863. The van der Waals surface area contributed by atoms with Crippen LogP contribution in [0.2, 0.25) is 0 Å². The van der Waals surface area contributed by atoms with Crippen LogP contribution >= 0.6 is 0 Å². The van der Waals surface area contributed by atoms with E-state index in [0.717, 1.165) is 16.0 Å². The maximum Gasteiger partial charge on any atom is 0.218 e. The maximum atomic E-state index is 12.5. The fourth-order valence-electron chi connectivity index (χ4n) is 2.44. The smallest absolute Gasteiger partial charge is 0.218 e. The number of hydrogen-bond donors (Lipinski definition) is 0. The van der Waals surface area contributed by atoms with Crippen LogP contribution in [0.5, 0.6) is 0 Å². The van der Waals surface area contributed by atoms with Crippen molar-refractivity contribution in [2.45, 2.75) is 30.0 Å². The Morgan fingerprint density at radius 3 is 2.50 bits per heavy atom. The van der Waals surface area contributed by atoms with Gasteiger partial charge in [0.2, 0.25) is 5.90 Å². The van der Waals surface area contributed by atoms with E-state index in [1.54, 1.807) is 0 Å². The molecule has 22 heavy (non-hydrogen) atoms. The first-order valence-electron chi connectivity index (χ1n) is 7.42. The molecule has 1 heterocycles. The number of ether oxygens (including phenoxy) is 1. The second-order valence-corrected chi connectivity index (χ2v) is 7.49. The molecule has 2 atom stereocenters. The zero-order valence-corrected chi connectivity index (χ0v) is 13.5. The average Bonchev–Trinajstić information content (AvgIpc) is 3.05.